The van der Waals surface area contributed by atoms with Crippen molar-refractivity contribution >= 4 is 17.9 Å². The van der Waals surface area contributed by atoms with E-state index in [0.29, 0.717) is 19.4 Å². The molecule has 3 heterocycles. The second-order valence-corrected chi connectivity index (χ2v) is 12.3. The van der Waals surface area contributed by atoms with Crippen molar-refractivity contribution in [1.82, 2.24) is 20.0 Å². The summed E-state index contributed by atoms with van der Waals surface area (Å²) in [6.45, 7) is 7.09. The number of halogens is 3. The van der Waals surface area contributed by atoms with E-state index in [1.54, 1.807) is 32.6 Å². The van der Waals surface area contributed by atoms with Crippen molar-refractivity contribution in [2.24, 2.45) is 5.92 Å². The highest BCUT2D eigenvalue weighted by Crippen LogP contribution is 2.48. The molecule has 3 saturated heterocycles. The van der Waals surface area contributed by atoms with Crippen molar-refractivity contribution in [3.8, 4) is 6.07 Å². The maximum Gasteiger partial charge on any atom is 0.416 e. The normalized spacial score (nSPS) is 29.1. The van der Waals surface area contributed by atoms with Crippen LogP contribution in [0.5, 0.6) is 0 Å². The molecule has 12 heteroatoms. The first-order valence-corrected chi connectivity index (χ1v) is 13.6. The summed E-state index contributed by atoms with van der Waals surface area (Å²) < 4.78 is 46.4. The molecule has 9 nitrogen and oxygen atoms in total. The Hall–Kier alpha value is -3.33. The number of ether oxygens (including phenoxy) is 1. The van der Waals surface area contributed by atoms with Crippen LogP contribution >= 0.6 is 0 Å². The van der Waals surface area contributed by atoms with Gasteiger partial charge in [0.25, 0.3) is 0 Å². The number of hydrogen-bond donors (Lipinski definition) is 1. The number of carbonyl (C=O) groups excluding carboxylic acids is 3. The standard InChI is InChI=1S/C28H34F3N5O4/c1-15(19-7-5-6-8-20(19)28(29,30)31)35-18-11-23(25(35)38)34(13-18)14-21(33-26(39)40-27(2,3)4)24(37)36-17(12-32)9-16-10-22(16)36/h5-8,15-18,21-23H,9-11,13-14H2,1-4H3,(H,33,39)/t15-,16-,17+,18?,21+,22+,23+/m1/s1. The maximum atomic E-state index is 13.7. The van der Waals surface area contributed by atoms with Crippen molar-refractivity contribution in [3.63, 3.8) is 0 Å². The number of alkyl halides is 3. The van der Waals surface area contributed by atoms with Gasteiger partial charge in [-0.3, -0.25) is 14.5 Å². The van der Waals surface area contributed by atoms with Gasteiger partial charge in [-0.15, -0.1) is 0 Å². The largest absolute Gasteiger partial charge is 0.444 e. The molecule has 1 aromatic carbocycles. The summed E-state index contributed by atoms with van der Waals surface area (Å²) in [7, 11) is 0. The molecule has 1 saturated carbocycles. The molecule has 216 valence electrons. The summed E-state index contributed by atoms with van der Waals surface area (Å²) >= 11 is 0. The fourth-order valence-electron chi connectivity index (χ4n) is 6.61. The molecule has 4 aliphatic rings. The second-order valence-electron chi connectivity index (χ2n) is 12.3. The molecule has 5 rings (SSSR count). The highest BCUT2D eigenvalue weighted by atomic mass is 19.4. The van der Waals surface area contributed by atoms with Crippen LogP contribution in [-0.2, 0) is 20.5 Å². The SMILES string of the molecule is C[C@H](c1ccccc1C(F)(F)F)N1C(=O)[C@@H]2CC1CN2C[C@H](NC(=O)OC(C)(C)C)C(=O)N1[C@H](C#N)C[C@@H]2C[C@@H]21. The number of rotatable bonds is 6. The van der Waals surface area contributed by atoms with E-state index in [1.165, 1.54) is 23.1 Å². The molecule has 3 aliphatic heterocycles. The van der Waals surface area contributed by atoms with Crippen LogP contribution in [-0.4, -0.2) is 81.5 Å². The summed E-state index contributed by atoms with van der Waals surface area (Å²) in [6.07, 6.45) is -3.48. The molecule has 3 amide bonds. The molecule has 1 aromatic rings. The van der Waals surface area contributed by atoms with Gasteiger partial charge in [-0.2, -0.15) is 18.4 Å². The van der Waals surface area contributed by atoms with Crippen LogP contribution in [0.25, 0.3) is 0 Å². The summed E-state index contributed by atoms with van der Waals surface area (Å²) in [6, 6.07) is 4.08. The Labute approximate surface area is 231 Å². The molecule has 0 radical (unpaired) electrons. The van der Waals surface area contributed by atoms with Gasteiger partial charge in [-0.05, 0) is 64.5 Å². The van der Waals surface area contributed by atoms with Gasteiger partial charge in [-0.1, -0.05) is 18.2 Å². The van der Waals surface area contributed by atoms with E-state index < -0.39 is 47.6 Å². The van der Waals surface area contributed by atoms with Crippen LogP contribution in [0, 0.1) is 17.2 Å². The van der Waals surface area contributed by atoms with Crippen molar-refractivity contribution in [3.05, 3.63) is 35.4 Å². The third-order valence-electron chi connectivity index (χ3n) is 8.36. The highest BCUT2D eigenvalue weighted by Gasteiger charge is 2.57. The summed E-state index contributed by atoms with van der Waals surface area (Å²) in [4.78, 5) is 44.8. The third-order valence-corrected chi connectivity index (χ3v) is 8.36. The number of nitriles is 1. The number of benzene rings is 1. The van der Waals surface area contributed by atoms with E-state index in [4.69, 9.17) is 4.74 Å². The van der Waals surface area contributed by atoms with Gasteiger partial charge in [0.15, 0.2) is 0 Å². The van der Waals surface area contributed by atoms with Crippen molar-refractivity contribution in [2.75, 3.05) is 13.1 Å². The van der Waals surface area contributed by atoms with E-state index in [2.05, 4.69) is 11.4 Å². The predicted octanol–water partition coefficient (Wildman–Crippen LogP) is 3.46. The zero-order valence-electron chi connectivity index (χ0n) is 22.9. The summed E-state index contributed by atoms with van der Waals surface area (Å²) in [5.41, 5.74) is -1.52. The first kappa shape index (κ1) is 28.2. The van der Waals surface area contributed by atoms with Crippen LogP contribution in [0.15, 0.2) is 24.3 Å². The first-order valence-electron chi connectivity index (χ1n) is 13.6. The Balaban J connectivity index is 1.33. The smallest absolute Gasteiger partial charge is 0.416 e. The molecule has 40 heavy (non-hydrogen) atoms. The van der Waals surface area contributed by atoms with E-state index in [0.717, 1.165) is 12.5 Å². The van der Waals surface area contributed by atoms with Crippen LogP contribution in [0.1, 0.15) is 64.1 Å². The van der Waals surface area contributed by atoms with E-state index >= 15 is 0 Å². The topological polar surface area (TPSA) is 106 Å². The Bertz CT molecular complexity index is 1240. The Morgan fingerprint density at radius 1 is 1.18 bits per heavy atom. The molecule has 0 spiro atoms. The number of likely N-dealkylation sites (tertiary alicyclic amines) is 3. The Morgan fingerprint density at radius 2 is 1.88 bits per heavy atom. The van der Waals surface area contributed by atoms with Crippen LogP contribution in [0.3, 0.4) is 0 Å². The zero-order chi connectivity index (χ0) is 29.1. The summed E-state index contributed by atoms with van der Waals surface area (Å²) in [5, 5.41) is 12.3. The number of fused-ring (bicyclic) bond motifs is 3. The van der Waals surface area contributed by atoms with Crippen LogP contribution in [0.2, 0.25) is 0 Å². The molecular formula is C28H34F3N5O4. The van der Waals surface area contributed by atoms with Gasteiger partial charge < -0.3 is 19.9 Å². The van der Waals surface area contributed by atoms with Crippen LogP contribution < -0.4 is 5.32 Å². The average Bonchev–Trinajstić information content (AvgIpc) is 3.18. The molecule has 4 fully saturated rings. The monoisotopic (exact) mass is 561 g/mol. The number of piperidine rings is 1. The lowest BCUT2D eigenvalue weighted by Crippen LogP contribution is -2.59. The van der Waals surface area contributed by atoms with Gasteiger partial charge in [0, 0.05) is 25.2 Å². The lowest BCUT2D eigenvalue weighted by Gasteiger charge is -2.39. The quantitative estimate of drug-likeness (QED) is 0.571. The number of nitrogens with zero attached hydrogens (tertiary/aromatic N) is 4. The van der Waals surface area contributed by atoms with Crippen molar-refractivity contribution in [1.29, 1.82) is 5.26 Å². The van der Waals surface area contributed by atoms with Gasteiger partial charge >= 0.3 is 12.3 Å². The molecule has 1 aliphatic carbocycles. The molecule has 0 aromatic heterocycles. The molecule has 1 N–H and O–H groups in total. The van der Waals surface area contributed by atoms with E-state index in [1.807, 2.05) is 4.90 Å². The maximum absolute atomic E-state index is 13.7. The minimum absolute atomic E-state index is 0.0261. The average molecular weight is 562 g/mol. The van der Waals surface area contributed by atoms with Crippen molar-refractivity contribution < 1.29 is 32.3 Å². The second kappa shape index (κ2) is 9.94. The predicted molar refractivity (Wildman–Crippen MR) is 136 cm³/mol. The van der Waals surface area contributed by atoms with Gasteiger partial charge in [0.2, 0.25) is 11.8 Å². The van der Waals surface area contributed by atoms with Gasteiger partial charge in [-0.25, -0.2) is 4.79 Å². The lowest BCUT2D eigenvalue weighted by atomic mass is 9.99. The van der Waals surface area contributed by atoms with Crippen molar-refractivity contribution in [2.45, 2.75) is 95.0 Å². The Morgan fingerprint density at radius 3 is 2.50 bits per heavy atom. The summed E-state index contributed by atoms with van der Waals surface area (Å²) in [5.74, 6) is -0.403. The van der Waals surface area contributed by atoms with Crippen LogP contribution in [0.4, 0.5) is 18.0 Å². The number of piperazine rings is 1. The molecule has 1 unspecified atom stereocenters. The molecule has 7 atom stereocenters. The first-order chi connectivity index (χ1) is 18.7. The fraction of sp³-hybridized carbons (Fsp3) is 0.643. The van der Waals surface area contributed by atoms with E-state index in [9.17, 15) is 32.8 Å². The Kier molecular flexibility index (Phi) is 7.01. The highest BCUT2D eigenvalue weighted by molar-refractivity contribution is 5.89. The fourth-order valence-corrected chi connectivity index (χ4v) is 6.61. The van der Waals surface area contributed by atoms with Gasteiger partial charge in [0.1, 0.15) is 17.7 Å². The zero-order valence-corrected chi connectivity index (χ0v) is 22.9. The molecular weight excluding hydrogens is 527 g/mol. The van der Waals surface area contributed by atoms with Gasteiger partial charge in [0.05, 0.1) is 23.7 Å². The number of amides is 3. The third kappa shape index (κ3) is 5.23. The number of alkyl carbamates (subject to hydrolysis) is 1. The molecule has 2 bridgehead atoms. The minimum atomic E-state index is -4.54. The van der Waals surface area contributed by atoms with E-state index in [-0.39, 0.29) is 41.9 Å². The number of carbonyl (C=O) groups is 3. The number of hydrogen-bond acceptors (Lipinski definition) is 6. The number of nitrogens with one attached hydrogen (secondary N) is 1. The lowest BCUT2D eigenvalue weighted by molar-refractivity contribution is -0.144. The minimum Gasteiger partial charge on any atom is -0.444 e.